The van der Waals surface area contributed by atoms with Crippen LogP contribution < -0.4 is 4.90 Å². The fraction of sp³-hybridized carbons (Fsp3) is 0.280. The predicted molar refractivity (Wildman–Crippen MR) is 126 cm³/mol. The maximum atomic E-state index is 12.1. The topological polar surface area (TPSA) is 106 Å². The van der Waals surface area contributed by atoms with Crippen molar-refractivity contribution in [2.75, 3.05) is 31.2 Å². The fourth-order valence-corrected chi connectivity index (χ4v) is 4.77. The van der Waals surface area contributed by atoms with E-state index >= 15 is 0 Å². The van der Waals surface area contributed by atoms with E-state index in [0.717, 1.165) is 24.0 Å². The summed E-state index contributed by atoms with van der Waals surface area (Å²) in [7, 11) is 0. The molecule has 8 nitrogen and oxygen atoms in total. The van der Waals surface area contributed by atoms with Crippen LogP contribution in [0.1, 0.15) is 40.0 Å². The van der Waals surface area contributed by atoms with Crippen molar-refractivity contribution in [3.63, 3.8) is 0 Å². The molecule has 0 atom stereocenters. The van der Waals surface area contributed by atoms with Crippen molar-refractivity contribution in [3.8, 4) is 0 Å². The van der Waals surface area contributed by atoms with Crippen LogP contribution in [0.3, 0.4) is 0 Å². The molecule has 1 aliphatic carbocycles. The zero-order valence-corrected chi connectivity index (χ0v) is 18.0. The summed E-state index contributed by atoms with van der Waals surface area (Å²) in [4.78, 5) is 30.4. The monoisotopic (exact) mass is 445 g/mol. The molecular weight excluding hydrogens is 422 g/mol. The van der Waals surface area contributed by atoms with E-state index in [4.69, 9.17) is 9.72 Å². The highest BCUT2D eigenvalue weighted by Gasteiger charge is 2.26. The molecule has 1 aromatic heterocycles. The second-order valence-corrected chi connectivity index (χ2v) is 8.26. The average Bonchev–Trinajstić information content (AvgIpc) is 2.83. The number of nitro groups is 1. The summed E-state index contributed by atoms with van der Waals surface area (Å²) in [6.45, 7) is 2.32. The number of benzene rings is 2. The van der Waals surface area contributed by atoms with Gasteiger partial charge in [-0.3, -0.25) is 10.1 Å². The molecule has 0 unspecified atom stereocenters. The Bertz CT molecular complexity index is 1290. The quantitative estimate of drug-likeness (QED) is 0.464. The van der Waals surface area contributed by atoms with E-state index < -0.39 is 5.97 Å². The number of rotatable bonds is 4. The molecule has 2 heterocycles. The molecule has 33 heavy (non-hydrogen) atoms. The van der Waals surface area contributed by atoms with Crippen molar-refractivity contribution >= 4 is 39.9 Å². The number of nitrogens with zero attached hydrogens (tertiary/aromatic N) is 3. The van der Waals surface area contributed by atoms with Gasteiger partial charge in [0.15, 0.2) is 0 Å². The first kappa shape index (κ1) is 21.1. The van der Waals surface area contributed by atoms with E-state index in [1.807, 2.05) is 35.2 Å². The van der Waals surface area contributed by atoms with E-state index in [0.29, 0.717) is 66.1 Å². The molecule has 1 N–H and O–H groups in total. The standard InChI is InChI=1S/C25H23N3O5/c29-25(30)23-18-5-1-2-7-20(18)26-24-17(4-3-6-19(23)24)14-16-8-9-21(22(15-16)28(31)32)27-10-12-33-13-11-27/h1-2,5,7-9,14-15H,3-4,6,10-13H2,(H,29,30)/b17-14+. The van der Waals surface area contributed by atoms with Crippen molar-refractivity contribution < 1.29 is 19.6 Å². The lowest BCUT2D eigenvalue weighted by atomic mass is 9.86. The molecule has 2 aromatic carbocycles. The SMILES string of the molecule is O=C(O)c1c2c(nc3ccccc13)/C(=C/c1ccc(N3CCOCC3)c([N+](=O)[O-])c1)CCC2. The highest BCUT2D eigenvalue weighted by molar-refractivity contribution is 6.05. The lowest BCUT2D eigenvalue weighted by molar-refractivity contribution is -0.384. The summed E-state index contributed by atoms with van der Waals surface area (Å²) in [6.07, 6.45) is 4.08. The van der Waals surface area contributed by atoms with Crippen LogP contribution in [0.5, 0.6) is 0 Å². The molecule has 0 radical (unpaired) electrons. The lowest BCUT2D eigenvalue weighted by Gasteiger charge is -2.28. The number of allylic oxidation sites excluding steroid dienone is 1. The van der Waals surface area contributed by atoms with E-state index in [1.165, 1.54) is 0 Å². The van der Waals surface area contributed by atoms with E-state index in [9.17, 15) is 20.0 Å². The molecule has 0 saturated carbocycles. The smallest absolute Gasteiger partial charge is 0.336 e. The number of carboxylic acid groups (broad SMARTS) is 1. The number of fused-ring (bicyclic) bond motifs is 2. The maximum Gasteiger partial charge on any atom is 0.336 e. The van der Waals surface area contributed by atoms with Crippen LogP contribution in [0.4, 0.5) is 11.4 Å². The number of carbonyl (C=O) groups is 1. The molecule has 0 bridgehead atoms. The number of anilines is 1. The van der Waals surface area contributed by atoms with Crippen molar-refractivity contribution in [1.82, 2.24) is 4.98 Å². The summed E-state index contributed by atoms with van der Waals surface area (Å²) in [5, 5.41) is 22.4. The number of pyridine rings is 1. The zero-order chi connectivity index (χ0) is 22.9. The average molecular weight is 445 g/mol. The van der Waals surface area contributed by atoms with Gasteiger partial charge in [-0.15, -0.1) is 0 Å². The summed E-state index contributed by atoms with van der Waals surface area (Å²) in [6, 6.07) is 12.5. The number of ether oxygens (including phenoxy) is 1. The molecule has 1 saturated heterocycles. The van der Waals surface area contributed by atoms with Gasteiger partial charge >= 0.3 is 5.97 Å². The zero-order valence-electron chi connectivity index (χ0n) is 18.0. The highest BCUT2D eigenvalue weighted by atomic mass is 16.6. The molecule has 0 spiro atoms. The summed E-state index contributed by atoms with van der Waals surface area (Å²) in [5.41, 5.74) is 4.60. The first-order valence-corrected chi connectivity index (χ1v) is 11.0. The first-order chi connectivity index (χ1) is 16.0. The number of hydrogen-bond donors (Lipinski definition) is 1. The Labute approximate surface area is 190 Å². The number of morpholine rings is 1. The number of nitro benzene ring substituents is 1. The van der Waals surface area contributed by atoms with Gasteiger partial charge in [0.25, 0.3) is 5.69 Å². The summed E-state index contributed by atoms with van der Waals surface area (Å²) < 4.78 is 5.37. The van der Waals surface area contributed by atoms with Gasteiger partial charge in [0.1, 0.15) is 5.69 Å². The van der Waals surface area contributed by atoms with Crippen LogP contribution in [0.25, 0.3) is 22.6 Å². The van der Waals surface area contributed by atoms with Crippen LogP contribution >= 0.6 is 0 Å². The van der Waals surface area contributed by atoms with Crippen LogP contribution in [0.2, 0.25) is 0 Å². The van der Waals surface area contributed by atoms with Gasteiger partial charge < -0.3 is 14.7 Å². The van der Waals surface area contributed by atoms with Crippen molar-refractivity contribution in [1.29, 1.82) is 0 Å². The van der Waals surface area contributed by atoms with Crippen molar-refractivity contribution in [2.24, 2.45) is 0 Å². The van der Waals surface area contributed by atoms with Crippen LogP contribution in [0, 0.1) is 10.1 Å². The Morgan fingerprint density at radius 3 is 2.70 bits per heavy atom. The van der Waals surface area contributed by atoms with Gasteiger partial charge in [0, 0.05) is 24.5 Å². The van der Waals surface area contributed by atoms with E-state index in [-0.39, 0.29) is 10.6 Å². The molecule has 0 amide bonds. The largest absolute Gasteiger partial charge is 0.478 e. The Morgan fingerprint density at radius 2 is 1.94 bits per heavy atom. The summed E-state index contributed by atoms with van der Waals surface area (Å²) >= 11 is 0. The minimum atomic E-state index is -0.961. The van der Waals surface area contributed by atoms with Gasteiger partial charge in [-0.1, -0.05) is 24.3 Å². The van der Waals surface area contributed by atoms with Crippen molar-refractivity contribution in [3.05, 3.63) is 75.0 Å². The van der Waals surface area contributed by atoms with Crippen LogP contribution in [-0.4, -0.2) is 47.3 Å². The number of aromatic nitrogens is 1. The maximum absolute atomic E-state index is 12.1. The number of aromatic carboxylic acids is 1. The second-order valence-electron chi connectivity index (χ2n) is 8.26. The van der Waals surface area contributed by atoms with E-state index in [2.05, 4.69) is 0 Å². The molecule has 3 aromatic rings. The Morgan fingerprint density at radius 1 is 1.15 bits per heavy atom. The predicted octanol–water partition coefficient (Wildman–Crippen LogP) is 4.55. The number of hydrogen-bond acceptors (Lipinski definition) is 6. The Kier molecular flexibility index (Phi) is 5.51. The van der Waals surface area contributed by atoms with Gasteiger partial charge in [-0.25, -0.2) is 9.78 Å². The van der Waals surface area contributed by atoms with Crippen LogP contribution in [-0.2, 0) is 11.2 Å². The molecule has 168 valence electrons. The van der Waals surface area contributed by atoms with Crippen molar-refractivity contribution in [2.45, 2.75) is 19.3 Å². The van der Waals surface area contributed by atoms with Gasteiger partial charge in [0.05, 0.1) is 34.9 Å². The molecular formula is C25H23N3O5. The molecule has 5 rings (SSSR count). The second kappa shape index (κ2) is 8.63. The third-order valence-corrected chi connectivity index (χ3v) is 6.27. The lowest BCUT2D eigenvalue weighted by Crippen LogP contribution is -2.36. The molecule has 8 heteroatoms. The highest BCUT2D eigenvalue weighted by Crippen LogP contribution is 2.37. The summed E-state index contributed by atoms with van der Waals surface area (Å²) in [5.74, 6) is -0.961. The molecule has 1 fully saturated rings. The minimum absolute atomic E-state index is 0.0555. The Hall–Kier alpha value is -3.78. The first-order valence-electron chi connectivity index (χ1n) is 11.0. The third kappa shape index (κ3) is 3.93. The van der Waals surface area contributed by atoms with Gasteiger partial charge in [-0.2, -0.15) is 0 Å². The van der Waals surface area contributed by atoms with E-state index in [1.54, 1.807) is 18.2 Å². The Balaban J connectivity index is 1.61. The molecule has 2 aliphatic rings. The molecule has 1 aliphatic heterocycles. The van der Waals surface area contributed by atoms with Gasteiger partial charge in [0.2, 0.25) is 0 Å². The minimum Gasteiger partial charge on any atom is -0.478 e. The normalized spacial score (nSPS) is 17.2. The van der Waals surface area contributed by atoms with Gasteiger partial charge in [-0.05, 0) is 54.2 Å². The number of carboxylic acids is 1. The third-order valence-electron chi connectivity index (χ3n) is 6.27. The fourth-order valence-electron chi connectivity index (χ4n) is 4.77. The van der Waals surface area contributed by atoms with Crippen LogP contribution in [0.15, 0.2) is 42.5 Å². The number of para-hydroxylation sites is 1.